The van der Waals surface area contributed by atoms with Crippen LogP contribution in [0.3, 0.4) is 0 Å². The Kier molecular flexibility index (Phi) is 9.19. The van der Waals surface area contributed by atoms with Crippen molar-refractivity contribution < 1.29 is 23.7 Å². The number of hydrogen-bond acceptors (Lipinski definition) is 6. The summed E-state index contributed by atoms with van der Waals surface area (Å²) in [6.07, 6.45) is 0. The number of nitrogens with one attached hydrogen (secondary N) is 1. The Labute approximate surface area is 190 Å². The van der Waals surface area contributed by atoms with Crippen LogP contribution in [0.5, 0.6) is 17.2 Å². The molecule has 1 aliphatic heterocycles. The fourth-order valence-corrected chi connectivity index (χ4v) is 3.83. The average Bonchev–Trinajstić information content (AvgIpc) is 2.82. The highest BCUT2D eigenvalue weighted by atomic mass is 16.5. The molecule has 0 aliphatic carbocycles. The molecule has 0 saturated carbocycles. The highest BCUT2D eigenvalue weighted by Crippen LogP contribution is 2.39. The van der Waals surface area contributed by atoms with Crippen LogP contribution < -0.4 is 19.5 Å². The van der Waals surface area contributed by atoms with Gasteiger partial charge in [-0.25, -0.2) is 0 Å². The molecule has 1 atom stereocenters. The van der Waals surface area contributed by atoms with E-state index in [4.69, 9.17) is 18.9 Å². The second kappa shape index (κ2) is 12.3. The zero-order valence-corrected chi connectivity index (χ0v) is 19.3. The first-order valence-electron chi connectivity index (χ1n) is 11.4. The lowest BCUT2D eigenvalue weighted by atomic mass is 10.0. The molecule has 174 valence electrons. The largest absolute Gasteiger partial charge is 0.490 e. The third-order valence-electron chi connectivity index (χ3n) is 5.30. The van der Waals surface area contributed by atoms with Crippen LogP contribution in [-0.2, 0) is 4.74 Å². The summed E-state index contributed by atoms with van der Waals surface area (Å²) in [5.74, 6) is 1.38. The molecular weight excluding hydrogens is 408 g/mol. The summed E-state index contributed by atoms with van der Waals surface area (Å²) in [4.78, 5) is 15.5. The van der Waals surface area contributed by atoms with Crippen molar-refractivity contribution in [2.24, 2.45) is 0 Å². The lowest BCUT2D eigenvalue weighted by Crippen LogP contribution is -2.43. The van der Waals surface area contributed by atoms with Gasteiger partial charge in [-0.05, 0) is 38.5 Å². The molecule has 1 heterocycles. The van der Waals surface area contributed by atoms with Crippen LogP contribution >= 0.6 is 0 Å². The third kappa shape index (κ3) is 6.14. The average molecular weight is 443 g/mol. The summed E-state index contributed by atoms with van der Waals surface area (Å²) < 4.78 is 22.8. The summed E-state index contributed by atoms with van der Waals surface area (Å²) in [5.41, 5.74) is 1.65. The van der Waals surface area contributed by atoms with Gasteiger partial charge in [-0.1, -0.05) is 30.3 Å². The van der Waals surface area contributed by atoms with Crippen molar-refractivity contribution in [2.45, 2.75) is 26.8 Å². The van der Waals surface area contributed by atoms with Gasteiger partial charge in [0.1, 0.15) is 0 Å². The number of carbonyl (C=O) groups is 1. The zero-order valence-electron chi connectivity index (χ0n) is 19.3. The fraction of sp³-hybridized carbons (Fsp3) is 0.480. The Morgan fingerprint density at radius 1 is 0.969 bits per heavy atom. The van der Waals surface area contributed by atoms with Crippen molar-refractivity contribution in [3.05, 3.63) is 53.6 Å². The molecule has 0 radical (unpaired) electrons. The SMILES string of the molecule is CCOc1cc(C(=O)NCC(c2ccccc2)N2CCOCC2)cc(OCC)c1OCC. The summed E-state index contributed by atoms with van der Waals surface area (Å²) in [6, 6.07) is 13.8. The van der Waals surface area contributed by atoms with Gasteiger partial charge in [0.05, 0.1) is 39.1 Å². The number of amides is 1. The molecule has 7 heteroatoms. The van der Waals surface area contributed by atoms with Crippen molar-refractivity contribution in [2.75, 3.05) is 52.7 Å². The van der Waals surface area contributed by atoms with E-state index in [9.17, 15) is 4.79 Å². The predicted molar refractivity (Wildman–Crippen MR) is 124 cm³/mol. The molecule has 1 fully saturated rings. The minimum atomic E-state index is -0.177. The first-order valence-corrected chi connectivity index (χ1v) is 11.4. The van der Waals surface area contributed by atoms with E-state index in [-0.39, 0.29) is 11.9 Å². The normalized spacial score (nSPS) is 15.1. The third-order valence-corrected chi connectivity index (χ3v) is 5.30. The quantitative estimate of drug-likeness (QED) is 0.573. The van der Waals surface area contributed by atoms with Gasteiger partial charge in [0.15, 0.2) is 11.5 Å². The number of hydrogen-bond donors (Lipinski definition) is 1. The number of carbonyl (C=O) groups excluding carboxylic acids is 1. The molecule has 7 nitrogen and oxygen atoms in total. The van der Waals surface area contributed by atoms with E-state index < -0.39 is 0 Å². The van der Waals surface area contributed by atoms with Gasteiger partial charge in [0.2, 0.25) is 5.75 Å². The van der Waals surface area contributed by atoms with Crippen molar-refractivity contribution >= 4 is 5.91 Å². The first kappa shape index (κ1) is 23.9. The monoisotopic (exact) mass is 442 g/mol. The minimum absolute atomic E-state index is 0.0736. The summed E-state index contributed by atoms with van der Waals surface area (Å²) in [7, 11) is 0. The zero-order chi connectivity index (χ0) is 22.8. The molecule has 1 aliphatic rings. The lowest BCUT2D eigenvalue weighted by molar-refractivity contribution is 0.0162. The Hall–Kier alpha value is -2.77. The van der Waals surface area contributed by atoms with Crippen molar-refractivity contribution in [3.63, 3.8) is 0 Å². The molecule has 0 bridgehead atoms. The molecule has 1 amide bonds. The van der Waals surface area contributed by atoms with Gasteiger partial charge >= 0.3 is 0 Å². The van der Waals surface area contributed by atoms with Crippen LogP contribution in [0.2, 0.25) is 0 Å². The maximum atomic E-state index is 13.1. The van der Waals surface area contributed by atoms with Gasteiger partial charge in [0, 0.05) is 25.2 Å². The van der Waals surface area contributed by atoms with Crippen LogP contribution in [0.15, 0.2) is 42.5 Å². The molecule has 1 unspecified atom stereocenters. The fourth-order valence-electron chi connectivity index (χ4n) is 3.83. The van der Waals surface area contributed by atoms with E-state index in [0.29, 0.717) is 62.4 Å². The Morgan fingerprint density at radius 2 is 1.56 bits per heavy atom. The topological polar surface area (TPSA) is 69.3 Å². The maximum Gasteiger partial charge on any atom is 0.251 e. The second-order valence-corrected chi connectivity index (χ2v) is 7.39. The Morgan fingerprint density at radius 3 is 2.12 bits per heavy atom. The van der Waals surface area contributed by atoms with Crippen molar-refractivity contribution in [1.29, 1.82) is 0 Å². The van der Waals surface area contributed by atoms with Gasteiger partial charge in [-0.2, -0.15) is 0 Å². The van der Waals surface area contributed by atoms with E-state index in [2.05, 4.69) is 22.3 Å². The standard InChI is InChI=1S/C25H34N2O5/c1-4-30-22-16-20(17-23(31-5-2)24(22)32-6-3)25(28)26-18-21(19-10-8-7-9-11-19)27-12-14-29-15-13-27/h7-11,16-17,21H,4-6,12-15,18H2,1-3H3,(H,26,28). The van der Waals surface area contributed by atoms with E-state index in [1.807, 2.05) is 39.0 Å². The van der Waals surface area contributed by atoms with Crippen LogP contribution in [0.4, 0.5) is 0 Å². The number of ether oxygens (including phenoxy) is 4. The van der Waals surface area contributed by atoms with Crippen LogP contribution in [0.25, 0.3) is 0 Å². The van der Waals surface area contributed by atoms with Gasteiger partial charge < -0.3 is 24.3 Å². The van der Waals surface area contributed by atoms with Gasteiger partial charge in [-0.15, -0.1) is 0 Å². The first-order chi connectivity index (χ1) is 15.7. The highest BCUT2D eigenvalue weighted by Gasteiger charge is 2.24. The Bertz CT molecular complexity index is 826. The summed E-state index contributed by atoms with van der Waals surface area (Å²) in [6.45, 7) is 10.7. The van der Waals surface area contributed by atoms with E-state index in [0.717, 1.165) is 13.1 Å². The van der Waals surface area contributed by atoms with Gasteiger partial charge in [-0.3, -0.25) is 9.69 Å². The van der Waals surface area contributed by atoms with Crippen LogP contribution in [0, 0.1) is 0 Å². The molecule has 1 saturated heterocycles. The molecule has 2 aromatic carbocycles. The van der Waals surface area contributed by atoms with Gasteiger partial charge in [0.25, 0.3) is 5.91 Å². The summed E-state index contributed by atoms with van der Waals surface area (Å²) >= 11 is 0. The van der Waals surface area contributed by atoms with Crippen LogP contribution in [-0.4, -0.2) is 63.5 Å². The van der Waals surface area contributed by atoms with Crippen LogP contribution in [0.1, 0.15) is 42.7 Å². The molecule has 2 aromatic rings. The smallest absolute Gasteiger partial charge is 0.251 e. The minimum Gasteiger partial charge on any atom is -0.490 e. The molecule has 0 aromatic heterocycles. The molecular formula is C25H34N2O5. The summed E-state index contributed by atoms with van der Waals surface area (Å²) in [5, 5.41) is 3.11. The predicted octanol–water partition coefficient (Wildman–Crippen LogP) is 3.69. The molecule has 3 rings (SSSR count). The van der Waals surface area contributed by atoms with Crippen molar-refractivity contribution in [3.8, 4) is 17.2 Å². The van der Waals surface area contributed by atoms with Crippen molar-refractivity contribution in [1.82, 2.24) is 10.2 Å². The van der Waals surface area contributed by atoms with E-state index in [1.165, 1.54) is 5.56 Å². The number of rotatable bonds is 11. The van der Waals surface area contributed by atoms with E-state index >= 15 is 0 Å². The molecule has 32 heavy (non-hydrogen) atoms. The second-order valence-electron chi connectivity index (χ2n) is 7.39. The lowest BCUT2D eigenvalue weighted by Gasteiger charge is -2.35. The van der Waals surface area contributed by atoms with E-state index in [1.54, 1.807) is 12.1 Å². The molecule has 0 spiro atoms. The number of nitrogens with zero attached hydrogens (tertiary/aromatic N) is 1. The number of morpholine rings is 1. The maximum absolute atomic E-state index is 13.1. The highest BCUT2D eigenvalue weighted by molar-refractivity contribution is 5.95. The molecule has 1 N–H and O–H groups in total. The number of benzene rings is 2. The Balaban J connectivity index is 1.81.